The van der Waals surface area contributed by atoms with Gasteiger partial charge in [-0.3, -0.25) is 0 Å². The van der Waals surface area contributed by atoms with Crippen molar-refractivity contribution in [2.45, 2.75) is 32.4 Å². The molecule has 0 aliphatic heterocycles. The first-order chi connectivity index (χ1) is 12.8. The second kappa shape index (κ2) is 7.39. The summed E-state index contributed by atoms with van der Waals surface area (Å²) < 4.78 is 38.2. The first-order valence-electron chi connectivity index (χ1n) is 8.64. The number of benzene rings is 2. The average Bonchev–Trinajstić information content (AvgIpc) is 2.64. The van der Waals surface area contributed by atoms with Gasteiger partial charge in [0.2, 0.25) is 0 Å². The second-order valence-electron chi connectivity index (χ2n) is 6.39. The van der Waals surface area contributed by atoms with Gasteiger partial charge in [-0.2, -0.15) is 13.2 Å². The van der Waals surface area contributed by atoms with Crippen molar-refractivity contribution in [1.29, 1.82) is 0 Å². The molecule has 0 atom stereocenters. The lowest BCUT2D eigenvalue weighted by Crippen LogP contribution is -2.04. The van der Waals surface area contributed by atoms with Crippen LogP contribution < -0.4 is 0 Å². The average molecular weight is 373 g/mol. The maximum atomic E-state index is 12.7. The third-order valence-electron chi connectivity index (χ3n) is 4.43. The Balaban J connectivity index is 2.08. The largest absolute Gasteiger partial charge is 0.478 e. The molecule has 6 heteroatoms. The van der Waals surface area contributed by atoms with Crippen molar-refractivity contribution in [1.82, 2.24) is 4.98 Å². The predicted molar refractivity (Wildman–Crippen MR) is 97.8 cm³/mol. The van der Waals surface area contributed by atoms with Crippen LogP contribution in [-0.4, -0.2) is 16.1 Å². The third kappa shape index (κ3) is 4.10. The Morgan fingerprint density at radius 3 is 2.37 bits per heavy atom. The van der Waals surface area contributed by atoms with E-state index in [1.165, 1.54) is 18.2 Å². The van der Waals surface area contributed by atoms with Crippen molar-refractivity contribution >= 4 is 16.9 Å². The number of nitrogens with zero attached hydrogens (tertiary/aromatic N) is 1. The van der Waals surface area contributed by atoms with E-state index < -0.39 is 17.7 Å². The number of unbranched alkanes of at least 4 members (excludes halogenated alkanes) is 1. The van der Waals surface area contributed by atoms with E-state index in [1.807, 2.05) is 12.1 Å². The zero-order valence-corrected chi connectivity index (χ0v) is 14.7. The highest BCUT2D eigenvalue weighted by Crippen LogP contribution is 2.32. The fraction of sp³-hybridized carbons (Fsp3) is 0.238. The molecule has 0 bridgehead atoms. The third-order valence-corrected chi connectivity index (χ3v) is 4.43. The van der Waals surface area contributed by atoms with Crippen molar-refractivity contribution < 1.29 is 23.1 Å². The predicted octanol–water partition coefficient (Wildman–Crippen LogP) is 5.96. The highest BCUT2D eigenvalue weighted by Gasteiger charge is 2.30. The van der Waals surface area contributed by atoms with Crippen LogP contribution in [0.1, 0.15) is 41.3 Å². The van der Waals surface area contributed by atoms with Crippen LogP contribution in [0.5, 0.6) is 0 Å². The lowest BCUT2D eigenvalue weighted by atomic mass is 10.00. The molecular weight excluding hydrogens is 355 g/mol. The molecule has 0 radical (unpaired) electrons. The first kappa shape index (κ1) is 18.9. The van der Waals surface area contributed by atoms with Crippen molar-refractivity contribution in [3.63, 3.8) is 0 Å². The molecule has 3 aromatic rings. The molecule has 1 N–H and O–H groups in total. The highest BCUT2D eigenvalue weighted by atomic mass is 19.4. The van der Waals surface area contributed by atoms with Crippen LogP contribution in [0.2, 0.25) is 0 Å². The van der Waals surface area contributed by atoms with Crippen LogP contribution in [0.25, 0.3) is 22.2 Å². The maximum absolute atomic E-state index is 12.7. The molecule has 3 nitrogen and oxygen atoms in total. The van der Waals surface area contributed by atoms with Crippen LogP contribution in [0.15, 0.2) is 48.5 Å². The van der Waals surface area contributed by atoms with Gasteiger partial charge in [0.25, 0.3) is 0 Å². The second-order valence-corrected chi connectivity index (χ2v) is 6.39. The van der Waals surface area contributed by atoms with E-state index in [4.69, 9.17) is 0 Å². The van der Waals surface area contributed by atoms with Gasteiger partial charge in [-0.15, -0.1) is 0 Å². The molecule has 0 saturated heterocycles. The molecule has 27 heavy (non-hydrogen) atoms. The van der Waals surface area contributed by atoms with E-state index in [9.17, 15) is 23.1 Å². The summed E-state index contributed by atoms with van der Waals surface area (Å²) in [4.78, 5) is 16.2. The lowest BCUT2D eigenvalue weighted by molar-refractivity contribution is -0.137. The van der Waals surface area contributed by atoms with Gasteiger partial charge in [0.05, 0.1) is 22.3 Å². The smallest absolute Gasteiger partial charge is 0.416 e. The van der Waals surface area contributed by atoms with E-state index in [-0.39, 0.29) is 5.56 Å². The molecule has 1 heterocycles. The van der Waals surface area contributed by atoms with Gasteiger partial charge < -0.3 is 5.11 Å². The van der Waals surface area contributed by atoms with Gasteiger partial charge in [-0.05, 0) is 48.7 Å². The zero-order valence-electron chi connectivity index (χ0n) is 14.7. The van der Waals surface area contributed by atoms with Crippen molar-refractivity contribution in [3.05, 3.63) is 65.2 Å². The molecular formula is C21H18F3NO2. The minimum absolute atomic E-state index is 0.0910. The molecule has 0 fully saturated rings. The summed E-state index contributed by atoms with van der Waals surface area (Å²) in [6.07, 6.45) is -1.53. The molecule has 2 aromatic carbocycles. The maximum Gasteiger partial charge on any atom is 0.416 e. The number of aromatic nitrogens is 1. The number of hydrogen-bond acceptors (Lipinski definition) is 2. The number of alkyl halides is 3. The molecule has 1 aromatic heterocycles. The van der Waals surface area contributed by atoms with Crippen molar-refractivity contribution in [2.75, 3.05) is 0 Å². The number of hydrogen-bond donors (Lipinski definition) is 1. The number of carboxylic acid groups (broad SMARTS) is 1. The first-order valence-corrected chi connectivity index (χ1v) is 8.64. The Morgan fingerprint density at radius 1 is 1.07 bits per heavy atom. The van der Waals surface area contributed by atoms with Gasteiger partial charge >= 0.3 is 12.1 Å². The van der Waals surface area contributed by atoms with Crippen LogP contribution in [0.3, 0.4) is 0 Å². The minimum Gasteiger partial charge on any atom is -0.478 e. The van der Waals surface area contributed by atoms with Crippen LogP contribution in [-0.2, 0) is 12.6 Å². The number of pyridine rings is 1. The molecule has 0 aliphatic rings. The van der Waals surface area contributed by atoms with Gasteiger partial charge in [0.15, 0.2) is 0 Å². The normalized spacial score (nSPS) is 11.7. The number of halogens is 3. The molecule has 0 saturated carbocycles. The van der Waals surface area contributed by atoms with Gasteiger partial charge in [-0.25, -0.2) is 9.78 Å². The zero-order chi connectivity index (χ0) is 19.6. The van der Waals surface area contributed by atoms with E-state index in [1.54, 1.807) is 6.07 Å². The number of aromatic carboxylic acids is 1. The number of fused-ring (bicyclic) bond motifs is 1. The topological polar surface area (TPSA) is 50.2 Å². The highest BCUT2D eigenvalue weighted by molar-refractivity contribution is 6.04. The van der Waals surface area contributed by atoms with Crippen LogP contribution in [0, 0.1) is 0 Å². The van der Waals surface area contributed by atoms with E-state index in [0.717, 1.165) is 37.0 Å². The van der Waals surface area contributed by atoms with E-state index >= 15 is 0 Å². The van der Waals surface area contributed by atoms with E-state index in [2.05, 4.69) is 11.9 Å². The molecule has 0 aliphatic carbocycles. The number of carbonyl (C=O) groups is 1. The standard InChI is InChI=1S/C21H18F3NO2/c1-2-3-4-13-5-10-18-16(11-13)17(20(26)27)12-19(25-18)14-6-8-15(9-7-14)21(22,23)24/h5-12H,2-4H2,1H3,(H,26,27). The monoisotopic (exact) mass is 373 g/mol. The minimum atomic E-state index is -4.42. The molecule has 140 valence electrons. The lowest BCUT2D eigenvalue weighted by Gasteiger charge is -2.10. The van der Waals surface area contributed by atoms with Crippen LogP contribution >= 0.6 is 0 Å². The molecule has 3 rings (SSSR count). The quantitative estimate of drug-likeness (QED) is 0.600. The Labute approximate surface area is 154 Å². The van der Waals surface area contributed by atoms with Gasteiger partial charge in [0, 0.05) is 10.9 Å². The summed E-state index contributed by atoms with van der Waals surface area (Å²) in [5, 5.41) is 10.1. The van der Waals surface area contributed by atoms with E-state index in [0.29, 0.717) is 22.2 Å². The summed E-state index contributed by atoms with van der Waals surface area (Å²) in [5.74, 6) is -1.09. The van der Waals surface area contributed by atoms with Gasteiger partial charge in [-0.1, -0.05) is 31.5 Å². The fourth-order valence-electron chi connectivity index (χ4n) is 2.96. The molecule has 0 spiro atoms. The number of rotatable bonds is 5. The summed E-state index contributed by atoms with van der Waals surface area (Å²) >= 11 is 0. The molecule has 0 amide bonds. The summed E-state index contributed by atoms with van der Waals surface area (Å²) in [7, 11) is 0. The van der Waals surface area contributed by atoms with Crippen LogP contribution in [0.4, 0.5) is 13.2 Å². The Morgan fingerprint density at radius 2 is 1.78 bits per heavy atom. The Hall–Kier alpha value is -2.89. The SMILES string of the molecule is CCCCc1ccc2nc(-c3ccc(C(F)(F)F)cc3)cc(C(=O)O)c2c1. The van der Waals surface area contributed by atoms with Crippen molar-refractivity contribution in [2.24, 2.45) is 0 Å². The van der Waals surface area contributed by atoms with Gasteiger partial charge in [0.1, 0.15) is 0 Å². The Kier molecular flexibility index (Phi) is 5.17. The number of carboxylic acids is 1. The molecule has 0 unspecified atom stereocenters. The summed E-state index contributed by atoms with van der Waals surface area (Å²) in [6.45, 7) is 2.08. The van der Waals surface area contributed by atoms with Crippen molar-refractivity contribution in [3.8, 4) is 11.3 Å². The fourth-order valence-corrected chi connectivity index (χ4v) is 2.96. The Bertz CT molecular complexity index is 979. The number of aryl methyl sites for hydroxylation is 1. The summed E-state index contributed by atoms with van der Waals surface area (Å²) in [6, 6.07) is 11.5. The summed E-state index contributed by atoms with van der Waals surface area (Å²) in [5.41, 5.74) is 1.64.